The number of hydrogen-bond donors (Lipinski definition) is 5. The van der Waals surface area contributed by atoms with Crippen molar-refractivity contribution in [3.63, 3.8) is 0 Å². The van der Waals surface area contributed by atoms with E-state index in [1.165, 1.54) is 18.2 Å². The second-order valence-electron chi connectivity index (χ2n) is 13.2. The van der Waals surface area contributed by atoms with Gasteiger partial charge in [-0.1, -0.05) is 36.4 Å². The topological polar surface area (TPSA) is 198 Å². The number of rotatable bonds is 14. The summed E-state index contributed by atoms with van der Waals surface area (Å²) in [6, 6.07) is 9.22. The van der Waals surface area contributed by atoms with E-state index in [4.69, 9.17) is 15.2 Å². The third-order valence-electron chi connectivity index (χ3n) is 6.68. The van der Waals surface area contributed by atoms with Crippen LogP contribution in [0, 0.1) is 6.92 Å². The Hall–Kier alpha value is -4.65. The number of alkyl carbamates (subject to hydrolysis) is 1. The Morgan fingerprint density at radius 2 is 1.51 bits per heavy atom. The fourth-order valence-electron chi connectivity index (χ4n) is 4.66. The number of carbonyl (C=O) groups is 5. The zero-order valence-electron chi connectivity index (χ0n) is 28.2. The van der Waals surface area contributed by atoms with Crippen molar-refractivity contribution in [3.8, 4) is 5.75 Å². The summed E-state index contributed by atoms with van der Waals surface area (Å²) < 4.78 is 10.9. The van der Waals surface area contributed by atoms with Crippen LogP contribution in [-0.2, 0) is 35.1 Å². The van der Waals surface area contributed by atoms with Crippen LogP contribution in [0.5, 0.6) is 5.75 Å². The van der Waals surface area contributed by atoms with Crippen molar-refractivity contribution in [1.29, 1.82) is 0 Å². The molecule has 13 heteroatoms. The van der Waals surface area contributed by atoms with Gasteiger partial charge < -0.3 is 41.0 Å². The van der Waals surface area contributed by atoms with Crippen molar-refractivity contribution in [1.82, 2.24) is 15.5 Å². The van der Waals surface area contributed by atoms with Crippen LogP contribution in [-0.4, -0.2) is 81.3 Å². The summed E-state index contributed by atoms with van der Waals surface area (Å²) in [7, 11) is 0. The van der Waals surface area contributed by atoms with E-state index >= 15 is 0 Å². The molecule has 0 saturated carbocycles. The fourth-order valence-corrected chi connectivity index (χ4v) is 4.66. The maximum Gasteiger partial charge on any atom is 0.408 e. The summed E-state index contributed by atoms with van der Waals surface area (Å²) >= 11 is 0. The maximum absolute atomic E-state index is 14.3. The first kappa shape index (κ1) is 38.5. The third-order valence-corrected chi connectivity index (χ3v) is 6.68. The number of nitrogens with two attached hydrogens (primary N) is 1. The molecule has 0 fully saturated rings. The van der Waals surface area contributed by atoms with Crippen molar-refractivity contribution in [2.24, 2.45) is 5.73 Å². The number of aliphatic hydroxyl groups excluding tert-OH is 1. The lowest BCUT2D eigenvalue weighted by Gasteiger charge is -2.35. The number of phenols is 1. The highest BCUT2D eigenvalue weighted by atomic mass is 16.6. The van der Waals surface area contributed by atoms with Crippen LogP contribution in [0.15, 0.2) is 48.5 Å². The van der Waals surface area contributed by atoms with Gasteiger partial charge in [0.15, 0.2) is 0 Å². The van der Waals surface area contributed by atoms with E-state index in [1.54, 1.807) is 72.7 Å². The molecule has 0 bridgehead atoms. The van der Waals surface area contributed by atoms with Gasteiger partial charge in [-0.2, -0.15) is 0 Å². The van der Waals surface area contributed by atoms with Crippen molar-refractivity contribution >= 4 is 29.8 Å². The lowest BCUT2D eigenvalue weighted by Crippen LogP contribution is -2.55. The summed E-state index contributed by atoms with van der Waals surface area (Å²) in [4.78, 5) is 67.3. The molecule has 3 unspecified atom stereocenters. The summed E-state index contributed by atoms with van der Waals surface area (Å²) in [6.45, 7) is 10.6. The monoisotopic (exact) mass is 656 g/mol. The van der Waals surface area contributed by atoms with E-state index < -0.39 is 65.7 Å². The number of nitrogens with one attached hydrogen (secondary N) is 2. The van der Waals surface area contributed by atoms with Crippen LogP contribution in [0.4, 0.5) is 4.79 Å². The van der Waals surface area contributed by atoms with Gasteiger partial charge >= 0.3 is 12.1 Å². The van der Waals surface area contributed by atoms with Crippen LogP contribution in [0.3, 0.4) is 0 Å². The molecule has 0 radical (unpaired) electrons. The van der Waals surface area contributed by atoms with Crippen LogP contribution in [0.2, 0.25) is 0 Å². The van der Waals surface area contributed by atoms with E-state index in [9.17, 15) is 34.2 Å². The van der Waals surface area contributed by atoms with Crippen LogP contribution >= 0.6 is 0 Å². The quantitative estimate of drug-likeness (QED) is 0.190. The number of nitrogens with zero attached hydrogens (tertiary/aromatic N) is 1. The lowest BCUT2D eigenvalue weighted by molar-refractivity contribution is -0.159. The average molecular weight is 657 g/mol. The fraction of sp³-hybridized carbons (Fsp3) is 0.500. The van der Waals surface area contributed by atoms with Gasteiger partial charge in [0.25, 0.3) is 0 Å². The molecule has 0 spiro atoms. The number of benzene rings is 2. The van der Waals surface area contributed by atoms with Gasteiger partial charge in [-0.3, -0.25) is 14.4 Å². The largest absolute Gasteiger partial charge is 0.508 e. The normalized spacial score (nSPS) is 13.4. The highest BCUT2D eigenvalue weighted by Gasteiger charge is 2.38. The second-order valence-corrected chi connectivity index (χ2v) is 13.2. The smallest absolute Gasteiger partial charge is 0.408 e. The van der Waals surface area contributed by atoms with Crippen LogP contribution in [0.1, 0.15) is 77.1 Å². The summed E-state index contributed by atoms with van der Waals surface area (Å²) in [6.07, 6.45) is -1.39. The van der Waals surface area contributed by atoms with Gasteiger partial charge in [0.1, 0.15) is 35.1 Å². The highest BCUT2D eigenvalue weighted by molar-refractivity contribution is 5.94. The first-order chi connectivity index (χ1) is 21.8. The Labute approximate surface area is 275 Å². The zero-order valence-corrected chi connectivity index (χ0v) is 28.2. The Balaban J connectivity index is 2.62. The number of amides is 4. The number of hydrogen-bond acceptors (Lipinski definition) is 9. The minimum Gasteiger partial charge on any atom is -0.508 e. The molecule has 6 N–H and O–H groups in total. The van der Waals surface area contributed by atoms with E-state index in [-0.39, 0.29) is 37.1 Å². The Morgan fingerprint density at radius 3 is 2.04 bits per heavy atom. The Morgan fingerprint density at radius 1 is 0.894 bits per heavy atom. The number of esters is 1. The first-order valence-corrected chi connectivity index (χ1v) is 15.4. The lowest BCUT2D eigenvalue weighted by atomic mass is 9.98. The van der Waals surface area contributed by atoms with Crippen LogP contribution < -0.4 is 16.4 Å². The van der Waals surface area contributed by atoms with Gasteiger partial charge in [0.05, 0.1) is 6.61 Å². The molecule has 0 aliphatic carbocycles. The van der Waals surface area contributed by atoms with Gasteiger partial charge in [0.2, 0.25) is 17.7 Å². The first-order valence-electron chi connectivity index (χ1n) is 15.4. The number of aromatic hydroxyl groups is 1. The van der Waals surface area contributed by atoms with Gasteiger partial charge in [0, 0.05) is 19.4 Å². The van der Waals surface area contributed by atoms with Crippen molar-refractivity contribution in [2.45, 2.75) is 97.1 Å². The molecule has 0 aromatic heterocycles. The van der Waals surface area contributed by atoms with E-state index in [0.29, 0.717) is 5.56 Å². The van der Waals surface area contributed by atoms with Crippen molar-refractivity contribution < 1.29 is 43.7 Å². The number of aryl methyl sites for hydroxylation is 1. The molecule has 2 rings (SSSR count). The summed E-state index contributed by atoms with van der Waals surface area (Å²) in [5.41, 5.74) is 4.94. The molecule has 4 amide bonds. The molecule has 0 aliphatic heterocycles. The van der Waals surface area contributed by atoms with E-state index in [1.807, 2.05) is 6.07 Å². The number of primary amides is 1. The van der Waals surface area contributed by atoms with E-state index in [2.05, 4.69) is 10.6 Å². The number of phenolic OH excluding ortho intramolecular Hbond substituents is 1. The Bertz CT molecular complexity index is 1400. The van der Waals surface area contributed by atoms with E-state index in [0.717, 1.165) is 10.5 Å². The molecule has 13 nitrogen and oxygen atoms in total. The molecule has 2 aromatic carbocycles. The van der Waals surface area contributed by atoms with Gasteiger partial charge in [-0.15, -0.1) is 0 Å². The van der Waals surface area contributed by atoms with Gasteiger partial charge in [-0.25, -0.2) is 9.59 Å². The standard InChI is InChI=1S/C34H48N4O9/c1-21-19-23(13-15-26(21)40)28(29(42)36-25(31(44)46-33(2,3)4)20-22-11-9-8-10-12-22)38(17-18-39)30(43)24(14-16-27(35)41)37-32(45)47-34(5,6)7/h8-13,15,19,24-25,28,39-40H,14,16-18,20H2,1-7H3,(H2,35,41)(H,36,42)(H,37,45). The predicted octanol–water partition coefficient (Wildman–Crippen LogP) is 2.79. The maximum atomic E-state index is 14.3. The van der Waals surface area contributed by atoms with Gasteiger partial charge in [-0.05, 0) is 83.7 Å². The van der Waals surface area contributed by atoms with Crippen molar-refractivity contribution in [3.05, 3.63) is 65.2 Å². The Kier molecular flexibility index (Phi) is 13.8. The number of aliphatic hydroxyl groups is 1. The molecule has 0 saturated heterocycles. The predicted molar refractivity (Wildman–Crippen MR) is 174 cm³/mol. The minimum absolute atomic E-state index is 0.0606. The third kappa shape index (κ3) is 12.9. The van der Waals surface area contributed by atoms with Crippen LogP contribution in [0.25, 0.3) is 0 Å². The molecular formula is C34H48N4O9. The van der Waals surface area contributed by atoms with Crippen molar-refractivity contribution in [2.75, 3.05) is 13.2 Å². The molecule has 0 aliphatic rings. The molecule has 47 heavy (non-hydrogen) atoms. The number of ether oxygens (including phenoxy) is 2. The molecule has 2 aromatic rings. The molecule has 258 valence electrons. The second kappa shape index (κ2) is 16.8. The minimum atomic E-state index is -1.47. The average Bonchev–Trinajstić information content (AvgIpc) is 2.94. The summed E-state index contributed by atoms with van der Waals surface area (Å²) in [5, 5.41) is 25.5. The highest BCUT2D eigenvalue weighted by Crippen LogP contribution is 2.28. The number of carbonyl (C=O) groups excluding carboxylic acids is 5. The summed E-state index contributed by atoms with van der Waals surface area (Å²) in [5.74, 6) is -3.12. The molecular weight excluding hydrogens is 608 g/mol. The zero-order chi connectivity index (χ0) is 35.5. The SMILES string of the molecule is Cc1cc(C(C(=O)NC(Cc2ccccc2)C(=O)OC(C)(C)C)N(CCO)C(=O)C(CCC(N)=O)NC(=O)OC(C)(C)C)ccc1O. The molecule has 3 atom stereocenters. The molecule has 0 heterocycles.